The minimum Gasteiger partial charge on any atom is -0.480 e. The lowest BCUT2D eigenvalue weighted by Crippen LogP contribution is -2.10. The zero-order valence-corrected chi connectivity index (χ0v) is 9.25. The van der Waals surface area contributed by atoms with Crippen LogP contribution >= 0.6 is 11.6 Å². The van der Waals surface area contributed by atoms with Gasteiger partial charge in [0.1, 0.15) is 5.75 Å². The van der Waals surface area contributed by atoms with Crippen molar-refractivity contribution in [1.82, 2.24) is 0 Å². The molecule has 0 fully saturated rings. The molecule has 86 valence electrons. The maximum Gasteiger partial charge on any atom is 0.341 e. The number of carboxylic acids is 1. The molecule has 0 aliphatic rings. The molecule has 0 spiro atoms. The van der Waals surface area contributed by atoms with Gasteiger partial charge in [0.2, 0.25) is 5.91 Å². The van der Waals surface area contributed by atoms with Crippen molar-refractivity contribution in [2.45, 2.75) is 6.92 Å². The number of aliphatic carboxylic acids is 1. The SMILES string of the molecule is CC(=O)Nc1ccc(OCC(=O)O)c(Cl)c1. The van der Waals surface area contributed by atoms with Crippen LogP contribution in [0.3, 0.4) is 0 Å². The van der Waals surface area contributed by atoms with E-state index in [4.69, 9.17) is 21.4 Å². The average Bonchev–Trinajstić information content (AvgIpc) is 2.15. The Kier molecular flexibility index (Phi) is 4.13. The number of hydrogen-bond acceptors (Lipinski definition) is 3. The summed E-state index contributed by atoms with van der Waals surface area (Å²) >= 11 is 5.83. The first-order valence-corrected chi connectivity index (χ1v) is 4.78. The third-order valence-corrected chi connectivity index (χ3v) is 1.90. The third-order valence-electron chi connectivity index (χ3n) is 1.60. The molecule has 1 rings (SSSR count). The van der Waals surface area contributed by atoms with Gasteiger partial charge in [-0.15, -0.1) is 0 Å². The van der Waals surface area contributed by atoms with Gasteiger partial charge in [-0.3, -0.25) is 4.79 Å². The summed E-state index contributed by atoms with van der Waals surface area (Å²) in [6.45, 7) is 0.919. The van der Waals surface area contributed by atoms with Gasteiger partial charge in [-0.25, -0.2) is 4.79 Å². The van der Waals surface area contributed by atoms with Crippen LogP contribution in [0.5, 0.6) is 5.75 Å². The molecule has 0 aliphatic carbocycles. The number of anilines is 1. The Hall–Kier alpha value is -1.75. The Bertz CT molecular complexity index is 419. The van der Waals surface area contributed by atoms with E-state index in [-0.39, 0.29) is 16.7 Å². The molecule has 2 N–H and O–H groups in total. The van der Waals surface area contributed by atoms with E-state index in [2.05, 4.69) is 5.32 Å². The third kappa shape index (κ3) is 3.78. The van der Waals surface area contributed by atoms with E-state index in [0.29, 0.717) is 5.69 Å². The fraction of sp³-hybridized carbons (Fsp3) is 0.200. The topological polar surface area (TPSA) is 75.6 Å². The smallest absolute Gasteiger partial charge is 0.341 e. The maximum atomic E-state index is 10.8. The highest BCUT2D eigenvalue weighted by Crippen LogP contribution is 2.27. The van der Waals surface area contributed by atoms with E-state index in [1.807, 2.05) is 0 Å². The summed E-state index contributed by atoms with van der Waals surface area (Å²) in [5.41, 5.74) is 0.528. The molecule has 0 radical (unpaired) electrons. The van der Waals surface area contributed by atoms with E-state index in [1.54, 1.807) is 6.07 Å². The number of ether oxygens (including phenoxy) is 1. The molecule has 1 aromatic carbocycles. The zero-order valence-electron chi connectivity index (χ0n) is 8.49. The molecular weight excluding hydrogens is 234 g/mol. The summed E-state index contributed by atoms with van der Waals surface area (Å²) in [7, 11) is 0. The zero-order chi connectivity index (χ0) is 12.1. The first-order chi connectivity index (χ1) is 7.49. The molecule has 0 heterocycles. The van der Waals surface area contributed by atoms with Crippen LogP contribution in [0.15, 0.2) is 18.2 Å². The Morgan fingerprint density at radius 2 is 2.19 bits per heavy atom. The molecule has 0 aliphatic heterocycles. The molecule has 0 unspecified atom stereocenters. The molecule has 0 bridgehead atoms. The van der Waals surface area contributed by atoms with E-state index in [1.165, 1.54) is 19.1 Å². The highest BCUT2D eigenvalue weighted by Gasteiger charge is 2.05. The van der Waals surface area contributed by atoms with Crippen molar-refractivity contribution in [2.75, 3.05) is 11.9 Å². The highest BCUT2D eigenvalue weighted by molar-refractivity contribution is 6.32. The Morgan fingerprint density at radius 1 is 1.50 bits per heavy atom. The predicted molar refractivity (Wildman–Crippen MR) is 58.9 cm³/mol. The van der Waals surface area contributed by atoms with Gasteiger partial charge in [-0.05, 0) is 18.2 Å². The van der Waals surface area contributed by atoms with Crippen LogP contribution < -0.4 is 10.1 Å². The summed E-state index contributed by atoms with van der Waals surface area (Å²) in [4.78, 5) is 21.0. The van der Waals surface area contributed by atoms with Crippen LogP contribution in [0.25, 0.3) is 0 Å². The van der Waals surface area contributed by atoms with Gasteiger partial charge >= 0.3 is 5.97 Å². The van der Waals surface area contributed by atoms with Gasteiger partial charge in [0.15, 0.2) is 6.61 Å². The minimum atomic E-state index is -1.08. The van der Waals surface area contributed by atoms with Crippen LogP contribution in [0.1, 0.15) is 6.92 Å². The van der Waals surface area contributed by atoms with Crippen LogP contribution in [0.4, 0.5) is 5.69 Å². The molecule has 0 saturated carbocycles. The number of hydrogen-bond donors (Lipinski definition) is 2. The highest BCUT2D eigenvalue weighted by atomic mass is 35.5. The molecule has 0 atom stereocenters. The molecule has 1 amide bonds. The lowest BCUT2D eigenvalue weighted by molar-refractivity contribution is -0.139. The van der Waals surface area contributed by atoms with E-state index >= 15 is 0 Å². The van der Waals surface area contributed by atoms with Crippen molar-refractivity contribution in [3.05, 3.63) is 23.2 Å². The van der Waals surface area contributed by atoms with Crippen molar-refractivity contribution in [1.29, 1.82) is 0 Å². The lowest BCUT2D eigenvalue weighted by atomic mass is 10.3. The number of halogens is 1. The number of carbonyl (C=O) groups is 2. The second-order valence-corrected chi connectivity index (χ2v) is 3.42. The van der Waals surface area contributed by atoms with Gasteiger partial charge in [-0.2, -0.15) is 0 Å². The Labute approximate surface area is 97.0 Å². The minimum absolute atomic E-state index is 0.213. The van der Waals surface area contributed by atoms with Crippen molar-refractivity contribution in [3.8, 4) is 5.75 Å². The van der Waals surface area contributed by atoms with Crippen molar-refractivity contribution >= 4 is 29.2 Å². The van der Waals surface area contributed by atoms with Crippen LogP contribution in [-0.4, -0.2) is 23.6 Å². The normalized spacial score (nSPS) is 9.62. The number of carboxylic acid groups (broad SMARTS) is 1. The summed E-state index contributed by atoms with van der Waals surface area (Å²) in [6, 6.07) is 4.56. The second-order valence-electron chi connectivity index (χ2n) is 3.01. The van der Waals surface area contributed by atoms with Crippen molar-refractivity contribution < 1.29 is 19.4 Å². The maximum absolute atomic E-state index is 10.8. The summed E-state index contributed by atoms with van der Waals surface area (Å²) in [6.07, 6.45) is 0. The van der Waals surface area contributed by atoms with Gasteiger partial charge in [-0.1, -0.05) is 11.6 Å². The van der Waals surface area contributed by atoms with E-state index in [0.717, 1.165) is 0 Å². The first-order valence-electron chi connectivity index (χ1n) is 4.41. The van der Waals surface area contributed by atoms with Gasteiger partial charge < -0.3 is 15.2 Å². The number of carbonyl (C=O) groups excluding carboxylic acids is 1. The summed E-state index contributed by atoms with van der Waals surface area (Å²) < 4.78 is 4.91. The summed E-state index contributed by atoms with van der Waals surface area (Å²) in [5.74, 6) is -1.03. The van der Waals surface area contributed by atoms with E-state index < -0.39 is 12.6 Å². The molecule has 1 aromatic rings. The molecule has 0 saturated heterocycles. The van der Waals surface area contributed by atoms with Gasteiger partial charge in [0.25, 0.3) is 0 Å². The number of benzene rings is 1. The quantitative estimate of drug-likeness (QED) is 0.845. The summed E-state index contributed by atoms with van der Waals surface area (Å²) in [5, 5.41) is 11.2. The van der Waals surface area contributed by atoms with Gasteiger partial charge in [0.05, 0.1) is 5.02 Å². The molecular formula is C10H10ClNO4. The Balaban J connectivity index is 2.75. The largest absolute Gasteiger partial charge is 0.480 e. The molecule has 6 heteroatoms. The van der Waals surface area contributed by atoms with E-state index in [9.17, 15) is 9.59 Å². The molecule has 16 heavy (non-hydrogen) atoms. The molecule has 5 nitrogen and oxygen atoms in total. The Morgan fingerprint density at radius 3 is 2.69 bits per heavy atom. The van der Waals surface area contributed by atoms with Gasteiger partial charge in [0, 0.05) is 12.6 Å². The van der Waals surface area contributed by atoms with Crippen molar-refractivity contribution in [3.63, 3.8) is 0 Å². The van der Waals surface area contributed by atoms with Crippen LogP contribution in [0.2, 0.25) is 5.02 Å². The fourth-order valence-corrected chi connectivity index (χ4v) is 1.27. The second kappa shape index (κ2) is 5.37. The standard InChI is InChI=1S/C10H10ClNO4/c1-6(13)12-7-2-3-9(8(11)4-7)16-5-10(14)15/h2-4H,5H2,1H3,(H,12,13)(H,14,15). The number of amides is 1. The predicted octanol–water partition coefficient (Wildman–Crippen LogP) is 1.76. The van der Waals surface area contributed by atoms with Crippen molar-refractivity contribution in [2.24, 2.45) is 0 Å². The molecule has 0 aromatic heterocycles. The number of rotatable bonds is 4. The fourth-order valence-electron chi connectivity index (χ4n) is 1.04. The van der Waals surface area contributed by atoms with Crippen LogP contribution in [0, 0.1) is 0 Å². The first kappa shape index (κ1) is 12.3. The average molecular weight is 244 g/mol. The van der Waals surface area contributed by atoms with Crippen LogP contribution in [-0.2, 0) is 9.59 Å². The monoisotopic (exact) mass is 243 g/mol. The number of nitrogens with one attached hydrogen (secondary N) is 1. The lowest BCUT2D eigenvalue weighted by Gasteiger charge is -2.07.